The summed E-state index contributed by atoms with van der Waals surface area (Å²) >= 11 is 6.29. The minimum atomic E-state index is -0.484. The van der Waals surface area contributed by atoms with Crippen LogP contribution in [0.2, 0.25) is 5.02 Å². The minimum Gasteiger partial charge on any atom is -0.352 e. The Balaban J connectivity index is 2.07. The fourth-order valence-corrected chi connectivity index (χ4v) is 2.75. The molecule has 0 spiro atoms. The van der Waals surface area contributed by atoms with Crippen molar-refractivity contribution in [1.29, 1.82) is 0 Å². The van der Waals surface area contributed by atoms with Gasteiger partial charge in [-0.05, 0) is 32.0 Å². The SMILES string of the molecule is C=CCNC(=O)CC(=O)N/N=C/c1cc(C)n(-c2ccccc2Cl)c1C. The van der Waals surface area contributed by atoms with Crippen LogP contribution in [0.15, 0.2) is 48.1 Å². The van der Waals surface area contributed by atoms with Gasteiger partial charge in [0.25, 0.3) is 0 Å². The Morgan fingerprint density at radius 2 is 2.00 bits per heavy atom. The number of rotatable bonds is 7. The number of hydrazone groups is 1. The third-order valence-electron chi connectivity index (χ3n) is 3.72. The number of carbonyl (C=O) groups is 2. The Kier molecular flexibility index (Phi) is 6.74. The first kappa shape index (κ1) is 19.5. The van der Waals surface area contributed by atoms with Gasteiger partial charge in [0.1, 0.15) is 6.42 Å². The zero-order valence-corrected chi connectivity index (χ0v) is 15.5. The summed E-state index contributed by atoms with van der Waals surface area (Å²) < 4.78 is 2.02. The molecule has 0 saturated heterocycles. The van der Waals surface area contributed by atoms with Crippen LogP contribution in [0, 0.1) is 13.8 Å². The predicted octanol–water partition coefficient (Wildman–Crippen LogP) is 2.89. The minimum absolute atomic E-state index is 0.288. The number of benzene rings is 1. The van der Waals surface area contributed by atoms with Gasteiger partial charge in [-0.25, -0.2) is 5.43 Å². The average molecular weight is 373 g/mol. The summed E-state index contributed by atoms with van der Waals surface area (Å²) in [5, 5.41) is 7.11. The summed E-state index contributed by atoms with van der Waals surface area (Å²) in [5.41, 5.74) is 6.02. The van der Waals surface area contributed by atoms with Gasteiger partial charge in [0, 0.05) is 23.5 Å². The van der Waals surface area contributed by atoms with Gasteiger partial charge in [0.05, 0.1) is 16.9 Å². The number of nitrogens with one attached hydrogen (secondary N) is 2. The third-order valence-corrected chi connectivity index (χ3v) is 4.04. The van der Waals surface area contributed by atoms with E-state index in [-0.39, 0.29) is 12.3 Å². The molecule has 2 N–H and O–H groups in total. The van der Waals surface area contributed by atoms with Crippen molar-refractivity contribution >= 4 is 29.6 Å². The van der Waals surface area contributed by atoms with Gasteiger partial charge in [-0.15, -0.1) is 6.58 Å². The van der Waals surface area contributed by atoms with Crippen LogP contribution in [0.1, 0.15) is 23.4 Å². The fraction of sp³-hybridized carbons (Fsp3) is 0.211. The van der Waals surface area contributed by atoms with E-state index in [4.69, 9.17) is 11.6 Å². The molecule has 1 aromatic carbocycles. The second kappa shape index (κ2) is 9.01. The Morgan fingerprint density at radius 1 is 1.27 bits per heavy atom. The first-order valence-corrected chi connectivity index (χ1v) is 8.45. The molecule has 0 radical (unpaired) electrons. The predicted molar refractivity (Wildman–Crippen MR) is 104 cm³/mol. The van der Waals surface area contributed by atoms with Gasteiger partial charge in [-0.1, -0.05) is 29.8 Å². The highest BCUT2D eigenvalue weighted by Gasteiger charge is 2.12. The number of hydrogen-bond acceptors (Lipinski definition) is 3. The molecular weight excluding hydrogens is 352 g/mol. The van der Waals surface area contributed by atoms with Gasteiger partial charge in [0.15, 0.2) is 0 Å². The molecule has 1 aromatic heterocycles. The molecule has 2 rings (SSSR count). The molecule has 0 saturated carbocycles. The molecule has 2 amide bonds. The Morgan fingerprint density at radius 3 is 2.69 bits per heavy atom. The lowest BCUT2D eigenvalue weighted by Crippen LogP contribution is -2.29. The summed E-state index contributed by atoms with van der Waals surface area (Å²) in [5.74, 6) is -0.864. The molecule has 0 bridgehead atoms. The van der Waals surface area contributed by atoms with Crippen LogP contribution in [0.5, 0.6) is 0 Å². The molecule has 0 unspecified atom stereocenters. The van der Waals surface area contributed by atoms with Gasteiger partial charge >= 0.3 is 0 Å². The Hall–Kier alpha value is -2.86. The molecule has 2 aromatic rings. The van der Waals surface area contributed by atoms with Crippen molar-refractivity contribution in [3.8, 4) is 5.69 Å². The monoisotopic (exact) mass is 372 g/mol. The number of nitrogens with zero attached hydrogens (tertiary/aromatic N) is 2. The second-order valence-corrected chi connectivity index (χ2v) is 6.08. The highest BCUT2D eigenvalue weighted by atomic mass is 35.5. The molecule has 0 aliphatic rings. The lowest BCUT2D eigenvalue weighted by molar-refractivity contribution is -0.129. The van der Waals surface area contributed by atoms with Crippen molar-refractivity contribution in [2.45, 2.75) is 20.3 Å². The zero-order valence-electron chi connectivity index (χ0n) is 14.8. The van der Waals surface area contributed by atoms with Crippen molar-refractivity contribution in [2.24, 2.45) is 5.10 Å². The van der Waals surface area contributed by atoms with Crippen molar-refractivity contribution in [3.05, 3.63) is 65.0 Å². The van der Waals surface area contributed by atoms with E-state index < -0.39 is 5.91 Å². The van der Waals surface area contributed by atoms with Crippen LogP contribution in [0.3, 0.4) is 0 Å². The summed E-state index contributed by atoms with van der Waals surface area (Å²) in [6.45, 7) is 7.73. The Bertz CT molecular complexity index is 855. The number of hydrogen-bond donors (Lipinski definition) is 2. The average Bonchev–Trinajstić information content (AvgIpc) is 2.87. The lowest BCUT2D eigenvalue weighted by atomic mass is 10.2. The highest BCUT2D eigenvalue weighted by molar-refractivity contribution is 6.32. The van der Waals surface area contributed by atoms with Gasteiger partial charge in [-0.2, -0.15) is 5.10 Å². The van der Waals surface area contributed by atoms with Crippen LogP contribution < -0.4 is 10.7 Å². The van der Waals surface area contributed by atoms with Crippen LogP contribution in [0.25, 0.3) is 5.69 Å². The maximum absolute atomic E-state index is 11.7. The van der Waals surface area contributed by atoms with Gasteiger partial charge < -0.3 is 9.88 Å². The molecule has 136 valence electrons. The van der Waals surface area contributed by atoms with Crippen LogP contribution in [-0.2, 0) is 9.59 Å². The normalized spacial score (nSPS) is 10.7. The number of aromatic nitrogens is 1. The Labute approximate surface area is 157 Å². The molecule has 0 fully saturated rings. The topological polar surface area (TPSA) is 75.5 Å². The number of para-hydroxylation sites is 1. The summed E-state index contributed by atoms with van der Waals surface area (Å²) in [6.07, 6.45) is 2.81. The highest BCUT2D eigenvalue weighted by Crippen LogP contribution is 2.25. The maximum Gasteiger partial charge on any atom is 0.249 e. The van der Waals surface area contributed by atoms with Crippen molar-refractivity contribution in [2.75, 3.05) is 6.54 Å². The second-order valence-electron chi connectivity index (χ2n) is 5.68. The molecule has 1 heterocycles. The molecular formula is C19H21ClN4O2. The van der Waals surface area contributed by atoms with Crippen molar-refractivity contribution < 1.29 is 9.59 Å². The molecule has 6 nitrogen and oxygen atoms in total. The van der Waals surface area contributed by atoms with E-state index in [2.05, 4.69) is 22.4 Å². The quantitative estimate of drug-likeness (QED) is 0.339. The van der Waals surface area contributed by atoms with E-state index in [0.29, 0.717) is 11.6 Å². The summed E-state index contributed by atoms with van der Waals surface area (Å²) in [4.78, 5) is 23.1. The number of halogens is 1. The summed E-state index contributed by atoms with van der Waals surface area (Å²) in [6, 6.07) is 9.52. The van der Waals surface area contributed by atoms with Gasteiger partial charge in [-0.3, -0.25) is 9.59 Å². The zero-order chi connectivity index (χ0) is 19.1. The molecule has 0 aliphatic heterocycles. The number of amides is 2. The first-order chi connectivity index (χ1) is 12.4. The first-order valence-electron chi connectivity index (χ1n) is 8.07. The van der Waals surface area contributed by atoms with Crippen LogP contribution in [-0.4, -0.2) is 29.1 Å². The van der Waals surface area contributed by atoms with Gasteiger partial charge in [0.2, 0.25) is 11.8 Å². The molecule has 0 aliphatic carbocycles. The van der Waals surface area contributed by atoms with Crippen molar-refractivity contribution in [1.82, 2.24) is 15.3 Å². The number of aryl methyl sites for hydroxylation is 1. The van der Waals surface area contributed by atoms with Crippen LogP contribution >= 0.6 is 11.6 Å². The maximum atomic E-state index is 11.7. The largest absolute Gasteiger partial charge is 0.352 e. The smallest absolute Gasteiger partial charge is 0.249 e. The van der Waals surface area contributed by atoms with Crippen molar-refractivity contribution in [3.63, 3.8) is 0 Å². The molecule has 0 atom stereocenters. The van der Waals surface area contributed by atoms with E-state index in [1.54, 1.807) is 12.3 Å². The molecule has 7 heteroatoms. The number of carbonyl (C=O) groups excluding carboxylic acids is 2. The summed E-state index contributed by atoms with van der Waals surface area (Å²) in [7, 11) is 0. The lowest BCUT2D eigenvalue weighted by Gasteiger charge is -2.11. The molecule has 26 heavy (non-hydrogen) atoms. The van der Waals surface area contributed by atoms with E-state index in [1.165, 1.54) is 0 Å². The fourth-order valence-electron chi connectivity index (χ4n) is 2.53. The van der Waals surface area contributed by atoms with E-state index in [0.717, 1.165) is 22.6 Å². The standard InChI is InChI=1S/C19H21ClN4O2/c1-4-9-21-18(25)11-19(26)23-22-12-15-10-13(2)24(14(15)3)17-8-6-5-7-16(17)20/h4-8,10,12H,1,9,11H2,2-3H3,(H,21,25)(H,23,26)/b22-12+. The van der Waals surface area contributed by atoms with E-state index >= 15 is 0 Å². The third kappa shape index (κ3) is 4.83. The van der Waals surface area contributed by atoms with Crippen LogP contribution in [0.4, 0.5) is 0 Å². The van der Waals surface area contributed by atoms with E-state index in [9.17, 15) is 9.59 Å². The van der Waals surface area contributed by atoms with E-state index in [1.807, 2.05) is 48.7 Å².